The van der Waals surface area contributed by atoms with Crippen LogP contribution in [0.15, 0.2) is 42.7 Å². The van der Waals surface area contributed by atoms with Crippen molar-refractivity contribution in [1.29, 1.82) is 0 Å². The van der Waals surface area contributed by atoms with Crippen molar-refractivity contribution in [3.05, 3.63) is 54.1 Å². The predicted octanol–water partition coefficient (Wildman–Crippen LogP) is 1.96. The SMILES string of the molecule is O=C(c1cncc(O)c1)N1CCCC2(C1)CN(c1cccc(F)c1)C(=O)CO2. The summed E-state index contributed by atoms with van der Waals surface area (Å²) in [7, 11) is 0. The fourth-order valence-electron chi connectivity index (χ4n) is 3.84. The molecule has 1 aromatic carbocycles. The van der Waals surface area contributed by atoms with Gasteiger partial charge in [-0.15, -0.1) is 0 Å². The maximum Gasteiger partial charge on any atom is 0.255 e. The fourth-order valence-corrected chi connectivity index (χ4v) is 3.84. The van der Waals surface area contributed by atoms with E-state index >= 15 is 0 Å². The number of likely N-dealkylation sites (tertiary alicyclic amines) is 1. The Labute approximate surface area is 161 Å². The summed E-state index contributed by atoms with van der Waals surface area (Å²) in [5.74, 6) is -0.978. The van der Waals surface area contributed by atoms with E-state index in [0.29, 0.717) is 37.2 Å². The molecule has 0 aliphatic carbocycles. The van der Waals surface area contributed by atoms with Gasteiger partial charge in [-0.3, -0.25) is 14.6 Å². The Bertz CT molecular complexity index is 922. The number of hydrogen-bond donors (Lipinski definition) is 1. The lowest BCUT2D eigenvalue weighted by Gasteiger charge is -2.47. The van der Waals surface area contributed by atoms with E-state index < -0.39 is 11.4 Å². The monoisotopic (exact) mass is 385 g/mol. The number of piperidine rings is 1. The molecule has 1 unspecified atom stereocenters. The summed E-state index contributed by atoms with van der Waals surface area (Å²) in [6.45, 7) is 0.984. The van der Waals surface area contributed by atoms with Crippen LogP contribution in [0, 0.1) is 5.82 Å². The van der Waals surface area contributed by atoms with E-state index in [-0.39, 0.29) is 30.7 Å². The fraction of sp³-hybridized carbons (Fsp3) is 0.350. The summed E-state index contributed by atoms with van der Waals surface area (Å²) in [6, 6.07) is 7.27. The van der Waals surface area contributed by atoms with Crippen LogP contribution >= 0.6 is 0 Å². The van der Waals surface area contributed by atoms with Crippen LogP contribution in [0.4, 0.5) is 10.1 Å². The van der Waals surface area contributed by atoms with Crippen molar-refractivity contribution in [3.63, 3.8) is 0 Å². The molecule has 8 heteroatoms. The normalized spacial score (nSPS) is 22.5. The Hall–Kier alpha value is -3.00. The van der Waals surface area contributed by atoms with Crippen molar-refractivity contribution in [2.24, 2.45) is 0 Å². The third-order valence-corrected chi connectivity index (χ3v) is 5.17. The number of amides is 2. The van der Waals surface area contributed by atoms with Crippen LogP contribution < -0.4 is 4.90 Å². The topological polar surface area (TPSA) is 83.0 Å². The van der Waals surface area contributed by atoms with Crippen molar-refractivity contribution in [2.45, 2.75) is 18.4 Å². The number of hydrogen-bond acceptors (Lipinski definition) is 5. The number of carbonyl (C=O) groups excluding carboxylic acids is 2. The highest BCUT2D eigenvalue weighted by atomic mass is 19.1. The number of halogens is 1. The van der Waals surface area contributed by atoms with E-state index in [4.69, 9.17) is 4.74 Å². The number of ether oxygens (including phenoxy) is 1. The van der Waals surface area contributed by atoms with Crippen LogP contribution in [0.25, 0.3) is 0 Å². The van der Waals surface area contributed by atoms with E-state index in [0.717, 1.165) is 0 Å². The van der Waals surface area contributed by atoms with E-state index in [1.165, 1.54) is 35.5 Å². The zero-order valence-electron chi connectivity index (χ0n) is 15.2. The molecule has 1 N–H and O–H groups in total. The molecule has 2 saturated heterocycles. The van der Waals surface area contributed by atoms with Gasteiger partial charge in [-0.05, 0) is 37.1 Å². The molecule has 0 bridgehead atoms. The summed E-state index contributed by atoms with van der Waals surface area (Å²) in [5, 5.41) is 9.58. The number of rotatable bonds is 2. The number of aromatic nitrogens is 1. The standard InChI is InChI=1S/C20H20FN3O4/c21-15-3-1-4-16(8-15)24-13-20(28-11-18(24)26)5-2-6-23(12-20)19(27)14-7-17(25)10-22-9-14/h1,3-4,7-10,25H,2,5-6,11-13H2. The number of aromatic hydroxyl groups is 1. The van der Waals surface area contributed by atoms with Gasteiger partial charge >= 0.3 is 0 Å². The number of benzene rings is 1. The number of carbonyl (C=O) groups is 2. The minimum Gasteiger partial charge on any atom is -0.506 e. The van der Waals surface area contributed by atoms with E-state index in [9.17, 15) is 19.1 Å². The maximum absolute atomic E-state index is 13.6. The van der Waals surface area contributed by atoms with Gasteiger partial charge in [0, 0.05) is 18.4 Å². The lowest BCUT2D eigenvalue weighted by Crippen LogP contribution is -2.62. The van der Waals surface area contributed by atoms with Gasteiger partial charge < -0.3 is 19.6 Å². The highest BCUT2D eigenvalue weighted by Crippen LogP contribution is 2.32. The zero-order chi connectivity index (χ0) is 19.7. The highest BCUT2D eigenvalue weighted by molar-refractivity contribution is 5.96. The minimum absolute atomic E-state index is 0.0747. The van der Waals surface area contributed by atoms with Gasteiger partial charge in [0.2, 0.25) is 0 Å². The molecule has 4 rings (SSSR count). The Morgan fingerprint density at radius 3 is 2.89 bits per heavy atom. The lowest BCUT2D eigenvalue weighted by molar-refractivity contribution is -0.144. The molecule has 1 atom stereocenters. The lowest BCUT2D eigenvalue weighted by atomic mass is 9.90. The average molecular weight is 385 g/mol. The molecule has 1 spiro atoms. The predicted molar refractivity (Wildman–Crippen MR) is 98.5 cm³/mol. The third-order valence-electron chi connectivity index (χ3n) is 5.17. The Kier molecular flexibility index (Phi) is 4.72. The molecule has 146 valence electrons. The first-order chi connectivity index (χ1) is 13.5. The van der Waals surface area contributed by atoms with E-state index in [2.05, 4.69) is 4.98 Å². The zero-order valence-corrected chi connectivity index (χ0v) is 15.2. The Balaban J connectivity index is 1.55. The van der Waals surface area contributed by atoms with Gasteiger partial charge in [-0.25, -0.2) is 4.39 Å². The van der Waals surface area contributed by atoms with Crippen molar-refractivity contribution < 1.29 is 23.8 Å². The summed E-state index contributed by atoms with van der Waals surface area (Å²) in [4.78, 5) is 32.2. The second kappa shape index (κ2) is 7.20. The molecule has 0 radical (unpaired) electrons. The van der Waals surface area contributed by atoms with Gasteiger partial charge in [-0.1, -0.05) is 6.07 Å². The van der Waals surface area contributed by atoms with Gasteiger partial charge in [-0.2, -0.15) is 0 Å². The molecule has 2 fully saturated rings. The summed E-state index contributed by atoms with van der Waals surface area (Å²) in [5.41, 5.74) is 0.0671. The second-order valence-electron chi connectivity index (χ2n) is 7.19. The molecule has 1 aromatic heterocycles. The molecular formula is C20H20FN3O4. The van der Waals surface area contributed by atoms with Crippen molar-refractivity contribution in [1.82, 2.24) is 9.88 Å². The third kappa shape index (κ3) is 3.55. The first-order valence-electron chi connectivity index (χ1n) is 9.09. The van der Waals surface area contributed by atoms with Crippen LogP contribution in [0.1, 0.15) is 23.2 Å². The summed E-state index contributed by atoms with van der Waals surface area (Å²) < 4.78 is 19.5. The molecule has 2 aromatic rings. The van der Waals surface area contributed by atoms with Crippen LogP contribution in [0.2, 0.25) is 0 Å². The smallest absolute Gasteiger partial charge is 0.255 e. The van der Waals surface area contributed by atoms with Crippen LogP contribution in [-0.4, -0.2) is 58.6 Å². The maximum atomic E-state index is 13.6. The van der Waals surface area contributed by atoms with Crippen LogP contribution in [0.5, 0.6) is 5.75 Å². The second-order valence-corrected chi connectivity index (χ2v) is 7.19. The quantitative estimate of drug-likeness (QED) is 0.855. The van der Waals surface area contributed by atoms with E-state index in [1.807, 2.05) is 0 Å². The first-order valence-corrected chi connectivity index (χ1v) is 9.09. The molecule has 7 nitrogen and oxygen atoms in total. The van der Waals surface area contributed by atoms with Crippen LogP contribution in [0.3, 0.4) is 0 Å². The molecule has 2 amide bonds. The molecule has 28 heavy (non-hydrogen) atoms. The minimum atomic E-state index is -0.710. The number of pyridine rings is 1. The van der Waals surface area contributed by atoms with Gasteiger partial charge in [0.05, 0.1) is 24.8 Å². The summed E-state index contributed by atoms with van der Waals surface area (Å²) in [6.07, 6.45) is 4.08. The number of nitrogens with zero attached hydrogens (tertiary/aromatic N) is 3. The molecule has 2 aliphatic heterocycles. The Morgan fingerprint density at radius 2 is 2.11 bits per heavy atom. The summed E-state index contributed by atoms with van der Waals surface area (Å²) >= 11 is 0. The van der Waals surface area contributed by atoms with Crippen molar-refractivity contribution in [3.8, 4) is 5.75 Å². The average Bonchev–Trinajstić information content (AvgIpc) is 2.70. The number of anilines is 1. The van der Waals surface area contributed by atoms with Gasteiger partial charge in [0.25, 0.3) is 11.8 Å². The molecule has 0 saturated carbocycles. The first kappa shape index (κ1) is 18.4. The van der Waals surface area contributed by atoms with Crippen molar-refractivity contribution >= 4 is 17.5 Å². The molecular weight excluding hydrogens is 365 g/mol. The number of morpholine rings is 1. The van der Waals surface area contributed by atoms with Gasteiger partial charge in [0.15, 0.2) is 0 Å². The molecule has 3 heterocycles. The van der Waals surface area contributed by atoms with Crippen molar-refractivity contribution in [2.75, 3.05) is 31.1 Å². The Morgan fingerprint density at radius 1 is 1.25 bits per heavy atom. The van der Waals surface area contributed by atoms with E-state index in [1.54, 1.807) is 17.0 Å². The molecule has 2 aliphatic rings. The van der Waals surface area contributed by atoms with Gasteiger partial charge in [0.1, 0.15) is 23.8 Å². The van der Waals surface area contributed by atoms with Crippen LogP contribution in [-0.2, 0) is 9.53 Å². The highest BCUT2D eigenvalue weighted by Gasteiger charge is 2.44. The largest absolute Gasteiger partial charge is 0.506 e.